The molecule has 0 bridgehead atoms. The van der Waals surface area contributed by atoms with Crippen molar-refractivity contribution in [3.63, 3.8) is 0 Å². The number of halogens is 3. The minimum absolute atomic E-state index is 0.0298. The number of benzene rings is 1. The maximum Gasteiger partial charge on any atom is 0.421 e. The third-order valence-electron chi connectivity index (χ3n) is 4.27. The largest absolute Gasteiger partial charge is 0.480 e. The number of alkyl halides is 3. The summed E-state index contributed by atoms with van der Waals surface area (Å²) in [7, 11) is 0. The van der Waals surface area contributed by atoms with Crippen LogP contribution in [-0.2, 0) is 17.4 Å². The fourth-order valence-corrected chi connectivity index (χ4v) is 2.59. The van der Waals surface area contributed by atoms with Crippen LogP contribution in [0.15, 0.2) is 24.4 Å². The zero-order valence-electron chi connectivity index (χ0n) is 15.1. The van der Waals surface area contributed by atoms with Crippen molar-refractivity contribution >= 4 is 23.4 Å². The summed E-state index contributed by atoms with van der Waals surface area (Å²) in [5.41, 5.74) is 5.98. The van der Waals surface area contributed by atoms with E-state index >= 15 is 0 Å². The average Bonchev–Trinajstić information content (AvgIpc) is 3.46. The zero-order valence-corrected chi connectivity index (χ0v) is 15.1. The van der Waals surface area contributed by atoms with E-state index in [4.69, 9.17) is 17.3 Å². The van der Waals surface area contributed by atoms with Gasteiger partial charge < -0.3 is 21.5 Å². The highest BCUT2D eigenvalue weighted by Gasteiger charge is 2.36. The topological polar surface area (TPSA) is 113 Å². The van der Waals surface area contributed by atoms with E-state index in [9.17, 15) is 18.0 Å². The molecule has 7 nitrogen and oxygen atoms in total. The number of carboxylic acids is 1. The summed E-state index contributed by atoms with van der Waals surface area (Å²) in [6, 6.07) is 3.68. The normalized spacial score (nSPS) is 14.7. The van der Waals surface area contributed by atoms with Gasteiger partial charge in [-0.15, -0.1) is 6.42 Å². The molecule has 5 N–H and O–H groups in total. The van der Waals surface area contributed by atoms with E-state index in [-0.39, 0.29) is 24.2 Å². The van der Waals surface area contributed by atoms with Gasteiger partial charge in [0.2, 0.25) is 5.95 Å². The lowest BCUT2D eigenvalue weighted by atomic mass is 10.0. The van der Waals surface area contributed by atoms with Gasteiger partial charge in [-0.1, -0.05) is 12.0 Å². The number of nitrogens with one attached hydrogen (secondary N) is 2. The van der Waals surface area contributed by atoms with Crippen molar-refractivity contribution in [2.24, 2.45) is 5.73 Å². The van der Waals surface area contributed by atoms with Crippen LogP contribution in [0.1, 0.15) is 29.5 Å². The Labute approximate surface area is 164 Å². The quantitative estimate of drug-likeness (QED) is 0.524. The minimum Gasteiger partial charge on any atom is -0.480 e. The first-order chi connectivity index (χ1) is 13.7. The highest BCUT2D eigenvalue weighted by molar-refractivity contribution is 5.74. The zero-order chi connectivity index (χ0) is 21.2. The molecule has 1 aromatic carbocycles. The van der Waals surface area contributed by atoms with Crippen molar-refractivity contribution in [1.82, 2.24) is 9.97 Å². The van der Waals surface area contributed by atoms with Crippen LogP contribution in [0.4, 0.5) is 30.6 Å². The van der Waals surface area contributed by atoms with E-state index < -0.39 is 23.8 Å². The van der Waals surface area contributed by atoms with E-state index in [2.05, 4.69) is 26.5 Å². The molecule has 1 fully saturated rings. The van der Waals surface area contributed by atoms with Crippen LogP contribution in [0.25, 0.3) is 0 Å². The number of aliphatic carboxylic acids is 1. The van der Waals surface area contributed by atoms with Crippen LogP contribution < -0.4 is 16.4 Å². The van der Waals surface area contributed by atoms with Crippen molar-refractivity contribution in [1.29, 1.82) is 0 Å². The van der Waals surface area contributed by atoms with Gasteiger partial charge in [0, 0.05) is 17.8 Å². The molecular formula is C19H18F3N5O2. The minimum atomic E-state index is -4.58. The third kappa shape index (κ3) is 5.14. The first-order valence-electron chi connectivity index (χ1n) is 8.73. The second kappa shape index (κ2) is 7.97. The van der Waals surface area contributed by atoms with E-state index in [1.54, 1.807) is 18.2 Å². The fraction of sp³-hybridized carbons (Fsp3) is 0.316. The number of nitrogens with two attached hydrogens (primary N) is 1. The number of terminal acetylenes is 1. The molecule has 1 aliphatic carbocycles. The summed E-state index contributed by atoms with van der Waals surface area (Å²) in [6.07, 6.45) is 3.29. The third-order valence-corrected chi connectivity index (χ3v) is 4.27. The molecule has 1 atom stereocenters. The molecule has 10 heteroatoms. The Morgan fingerprint density at radius 2 is 2.14 bits per heavy atom. The van der Waals surface area contributed by atoms with Gasteiger partial charge in [0.05, 0.1) is 5.69 Å². The monoisotopic (exact) mass is 405 g/mol. The molecule has 3 rings (SSSR count). The number of rotatable bonds is 7. The van der Waals surface area contributed by atoms with E-state index in [1.807, 2.05) is 0 Å². The summed E-state index contributed by atoms with van der Waals surface area (Å²) in [6.45, 7) is 0. The summed E-state index contributed by atoms with van der Waals surface area (Å²) < 4.78 is 39.5. The summed E-state index contributed by atoms with van der Waals surface area (Å²) >= 11 is 0. The Hall–Kier alpha value is -3.32. The summed E-state index contributed by atoms with van der Waals surface area (Å²) in [4.78, 5) is 18.6. The molecule has 152 valence electrons. The van der Waals surface area contributed by atoms with Crippen LogP contribution in [-0.4, -0.2) is 33.1 Å². The Bertz CT molecular complexity index is 967. The lowest BCUT2D eigenvalue weighted by Gasteiger charge is -2.15. The number of hydrogen-bond acceptors (Lipinski definition) is 6. The van der Waals surface area contributed by atoms with E-state index in [0.29, 0.717) is 16.8 Å². The number of carbonyl (C=O) groups is 1. The lowest BCUT2D eigenvalue weighted by molar-refractivity contribution is -0.139. The predicted octanol–water partition coefficient (Wildman–Crippen LogP) is 2.75. The molecule has 0 amide bonds. The van der Waals surface area contributed by atoms with Crippen molar-refractivity contribution in [2.45, 2.75) is 37.5 Å². The summed E-state index contributed by atoms with van der Waals surface area (Å²) in [5.74, 6) is 0.977. The molecule has 1 heterocycles. The maximum atomic E-state index is 13.2. The number of aromatic nitrogens is 2. The maximum absolute atomic E-state index is 13.2. The fourth-order valence-electron chi connectivity index (χ4n) is 2.59. The van der Waals surface area contributed by atoms with E-state index in [0.717, 1.165) is 19.0 Å². The Kier molecular flexibility index (Phi) is 5.61. The van der Waals surface area contributed by atoms with Crippen LogP contribution in [0.2, 0.25) is 0 Å². The van der Waals surface area contributed by atoms with Crippen LogP contribution in [0.5, 0.6) is 0 Å². The van der Waals surface area contributed by atoms with Gasteiger partial charge in [-0.25, -0.2) is 4.98 Å². The highest BCUT2D eigenvalue weighted by Crippen LogP contribution is 2.36. The smallest absolute Gasteiger partial charge is 0.421 e. The molecule has 2 aromatic rings. The number of anilines is 3. The Balaban J connectivity index is 1.85. The first-order valence-corrected chi connectivity index (χ1v) is 8.73. The van der Waals surface area contributed by atoms with Gasteiger partial charge in [0.15, 0.2) is 0 Å². The molecule has 0 radical (unpaired) electrons. The SMILES string of the molecule is C#Cc1cc(CC(N)C(=O)O)ccc1Nc1ncc(C(F)(F)F)c(NC2CC2)n1. The molecule has 0 saturated heterocycles. The van der Waals surface area contributed by atoms with E-state index in [1.165, 1.54) is 0 Å². The van der Waals surface area contributed by atoms with Crippen molar-refractivity contribution in [3.8, 4) is 12.3 Å². The highest BCUT2D eigenvalue weighted by atomic mass is 19.4. The van der Waals surface area contributed by atoms with Crippen LogP contribution in [0.3, 0.4) is 0 Å². The first kappa shape index (κ1) is 20.4. The van der Waals surface area contributed by atoms with Crippen LogP contribution >= 0.6 is 0 Å². The molecule has 1 saturated carbocycles. The molecule has 29 heavy (non-hydrogen) atoms. The second-order valence-electron chi connectivity index (χ2n) is 6.67. The second-order valence-corrected chi connectivity index (χ2v) is 6.67. The van der Waals surface area contributed by atoms with Crippen molar-refractivity contribution in [3.05, 3.63) is 41.1 Å². The molecule has 0 spiro atoms. The number of nitrogens with zero attached hydrogens (tertiary/aromatic N) is 2. The van der Waals surface area contributed by atoms with Gasteiger partial charge in [-0.2, -0.15) is 18.2 Å². The van der Waals surface area contributed by atoms with Crippen LogP contribution in [0, 0.1) is 12.3 Å². The van der Waals surface area contributed by atoms with Gasteiger partial charge in [-0.05, 0) is 37.0 Å². The molecule has 1 aromatic heterocycles. The van der Waals surface area contributed by atoms with Gasteiger partial charge in [0.1, 0.15) is 17.4 Å². The molecular weight excluding hydrogens is 387 g/mol. The molecule has 0 aliphatic heterocycles. The Morgan fingerprint density at radius 1 is 1.41 bits per heavy atom. The lowest BCUT2D eigenvalue weighted by Crippen LogP contribution is -2.32. The van der Waals surface area contributed by atoms with Gasteiger partial charge in [-0.3, -0.25) is 4.79 Å². The molecule has 1 unspecified atom stereocenters. The van der Waals surface area contributed by atoms with Gasteiger partial charge in [0.25, 0.3) is 0 Å². The summed E-state index contributed by atoms with van der Waals surface area (Å²) in [5, 5.41) is 14.5. The average molecular weight is 405 g/mol. The van der Waals surface area contributed by atoms with Gasteiger partial charge >= 0.3 is 12.1 Å². The van der Waals surface area contributed by atoms with Crippen molar-refractivity contribution in [2.75, 3.05) is 10.6 Å². The number of carboxylic acid groups (broad SMARTS) is 1. The number of hydrogen-bond donors (Lipinski definition) is 4. The Morgan fingerprint density at radius 3 is 2.72 bits per heavy atom. The molecule has 1 aliphatic rings. The predicted molar refractivity (Wildman–Crippen MR) is 101 cm³/mol. The van der Waals surface area contributed by atoms with Crippen molar-refractivity contribution < 1.29 is 23.1 Å². The standard InChI is InChI=1S/C19H18F3N5O2/c1-2-11-7-10(8-14(23)17(28)29)3-6-15(11)26-18-24-9-13(19(20,21)22)16(27-18)25-12-4-5-12/h1,3,6-7,9,12,14H,4-5,8,23H2,(H,28,29)(H2,24,25,26,27).